The number of aromatic hydroxyl groups is 2. The molecule has 0 spiro atoms. The van der Waals surface area contributed by atoms with Crippen LogP contribution in [0.15, 0.2) is 91.1 Å². The normalized spacial score (nSPS) is 10.9. The Balaban J connectivity index is 1.20. The zero-order chi connectivity index (χ0) is 41.2. The molecule has 0 bridgehead atoms. The Morgan fingerprint density at radius 1 is 0.667 bits per heavy atom. The number of anilines is 4. The average Bonchev–Trinajstić information content (AvgIpc) is 3.74. The second-order valence-electron chi connectivity index (χ2n) is 11.9. The molecule has 5 aromatic rings. The van der Waals surface area contributed by atoms with Gasteiger partial charge in [0.15, 0.2) is 23.0 Å². The summed E-state index contributed by atoms with van der Waals surface area (Å²) in [5.41, 5.74) is 0.445. The number of ether oxygens (including phenoxy) is 2. The quantitative estimate of drug-likeness (QED) is 0.0751. The number of carboxylic acid groups (broad SMARTS) is 1. The highest BCUT2D eigenvalue weighted by Gasteiger charge is 2.25. The lowest BCUT2D eigenvalue weighted by Gasteiger charge is -2.17. The van der Waals surface area contributed by atoms with E-state index in [1.807, 2.05) is 6.07 Å². The summed E-state index contributed by atoms with van der Waals surface area (Å²) < 4.78 is 10.3. The van der Waals surface area contributed by atoms with Crippen LogP contribution in [0.2, 0.25) is 0 Å². The summed E-state index contributed by atoms with van der Waals surface area (Å²) in [5, 5.41) is 52.5. The molecule has 0 radical (unpaired) electrons. The van der Waals surface area contributed by atoms with E-state index in [2.05, 4.69) is 31.6 Å². The number of nitrogens with zero attached hydrogens (tertiary/aromatic N) is 1. The molecular weight excluding hydrogens is 742 g/mol. The first-order valence-corrected chi connectivity index (χ1v) is 16.6. The minimum Gasteiger partial charge on any atom is -0.504 e. The lowest BCUT2D eigenvalue weighted by atomic mass is 10.1. The molecule has 4 aromatic carbocycles. The number of hydrogen-bond acceptors (Lipinski definition) is 11. The highest BCUT2D eigenvalue weighted by Crippen LogP contribution is 2.40. The van der Waals surface area contributed by atoms with Crippen molar-refractivity contribution in [2.45, 2.75) is 12.5 Å². The molecule has 5 amide bonds. The molecule has 18 nitrogen and oxygen atoms in total. The number of H-pyrrole nitrogens is 1. The minimum absolute atomic E-state index is 0.0129. The van der Waals surface area contributed by atoms with E-state index in [-0.39, 0.29) is 57.6 Å². The molecule has 1 aromatic heterocycles. The van der Waals surface area contributed by atoms with Crippen LogP contribution >= 0.6 is 0 Å². The summed E-state index contributed by atoms with van der Waals surface area (Å²) in [6, 6.07) is 20.2. The highest BCUT2D eigenvalue weighted by atomic mass is 16.5. The third-order valence-electron chi connectivity index (χ3n) is 8.22. The number of benzene rings is 4. The van der Waals surface area contributed by atoms with Crippen LogP contribution in [0, 0.1) is 11.3 Å². The van der Waals surface area contributed by atoms with Crippen molar-refractivity contribution in [1.29, 1.82) is 5.26 Å². The molecule has 0 aliphatic heterocycles. The smallest absolute Gasteiger partial charge is 0.339 e. The summed E-state index contributed by atoms with van der Waals surface area (Å²) in [6.45, 7) is 0. The first-order valence-electron chi connectivity index (χ1n) is 16.6. The van der Waals surface area contributed by atoms with Crippen molar-refractivity contribution >= 4 is 58.3 Å². The number of aromatic nitrogens is 1. The lowest BCUT2D eigenvalue weighted by Crippen LogP contribution is -2.43. The summed E-state index contributed by atoms with van der Waals surface area (Å²) in [7, 11) is 2.36. The molecule has 290 valence electrons. The number of hydrogen-bond donors (Lipinski definition) is 9. The number of aromatic carboxylic acids is 1. The van der Waals surface area contributed by atoms with E-state index in [1.165, 1.54) is 73.8 Å². The number of nitrogens with one attached hydrogen (secondary N) is 6. The van der Waals surface area contributed by atoms with E-state index in [9.17, 15) is 49.3 Å². The molecule has 0 aliphatic carbocycles. The van der Waals surface area contributed by atoms with Crippen LogP contribution in [-0.4, -0.2) is 76.1 Å². The predicted octanol–water partition coefficient (Wildman–Crippen LogP) is 4.55. The standard InChI is InChI=1S/C39H33N7O11/c1-56-32-26(15-13-24(30(32)47)36(51)45-27-16-14-25(39(54)55)31(48)33(27)57-2)44-34(49)20-5-11-23(12-6-20)43-38(53)29(17-18-40)46-35(50)21-7-9-22(10-8-21)42-37(52)28-4-3-19-41-28/h3-16,19,29,41,47-48H,17H2,1-2H3,(H,42,52)(H,43,53)(H,44,49)(H,45,51)(H,46,50)(H,54,55). The molecular formula is C39H33N7O11. The maximum Gasteiger partial charge on any atom is 0.339 e. The van der Waals surface area contributed by atoms with Gasteiger partial charge in [-0.1, -0.05) is 0 Å². The molecule has 57 heavy (non-hydrogen) atoms. The molecule has 0 saturated carbocycles. The van der Waals surface area contributed by atoms with Gasteiger partial charge in [0.25, 0.3) is 23.6 Å². The Labute approximate surface area is 323 Å². The topological polar surface area (TPSA) is 281 Å². The zero-order valence-corrected chi connectivity index (χ0v) is 30.0. The van der Waals surface area contributed by atoms with E-state index in [0.29, 0.717) is 11.4 Å². The van der Waals surface area contributed by atoms with Crippen molar-refractivity contribution in [2.24, 2.45) is 0 Å². The maximum absolute atomic E-state index is 13.1. The van der Waals surface area contributed by atoms with Crippen LogP contribution in [-0.2, 0) is 4.79 Å². The summed E-state index contributed by atoms with van der Waals surface area (Å²) >= 11 is 0. The first-order chi connectivity index (χ1) is 27.3. The molecule has 0 saturated heterocycles. The fourth-order valence-electron chi connectivity index (χ4n) is 5.34. The molecule has 1 unspecified atom stereocenters. The highest BCUT2D eigenvalue weighted by molar-refractivity contribution is 6.10. The number of amides is 5. The van der Waals surface area contributed by atoms with Crippen LogP contribution in [0.4, 0.5) is 22.7 Å². The monoisotopic (exact) mass is 775 g/mol. The van der Waals surface area contributed by atoms with Gasteiger partial charge in [0.1, 0.15) is 17.3 Å². The molecule has 5 rings (SSSR count). The summed E-state index contributed by atoms with van der Waals surface area (Å²) in [4.78, 5) is 78.6. The van der Waals surface area contributed by atoms with Crippen molar-refractivity contribution in [3.05, 3.63) is 119 Å². The van der Waals surface area contributed by atoms with Gasteiger partial charge in [-0.3, -0.25) is 24.0 Å². The fourth-order valence-corrected chi connectivity index (χ4v) is 5.34. The predicted molar refractivity (Wildman–Crippen MR) is 204 cm³/mol. The third-order valence-corrected chi connectivity index (χ3v) is 8.22. The Hall–Kier alpha value is -8.33. The number of carbonyl (C=O) groups excluding carboxylic acids is 5. The van der Waals surface area contributed by atoms with Gasteiger partial charge in [-0.15, -0.1) is 0 Å². The minimum atomic E-state index is -1.42. The Bertz CT molecular complexity index is 2390. The van der Waals surface area contributed by atoms with Crippen molar-refractivity contribution in [3.63, 3.8) is 0 Å². The fraction of sp³-hybridized carbons (Fsp3) is 0.103. The van der Waals surface area contributed by atoms with Crippen molar-refractivity contribution in [2.75, 3.05) is 35.5 Å². The number of phenols is 2. The molecule has 1 heterocycles. The second-order valence-corrected chi connectivity index (χ2v) is 11.9. The SMILES string of the molecule is COc1c(NC(=O)c2ccc(NC(=O)c3ccc(NC(=O)C(CC#N)NC(=O)c4ccc(NC(=O)c5ccc[nH]5)cc4)cc3)c(OC)c2O)ccc(C(=O)O)c1O. The zero-order valence-electron chi connectivity index (χ0n) is 30.0. The van der Waals surface area contributed by atoms with E-state index < -0.39 is 52.7 Å². The molecule has 9 N–H and O–H groups in total. The van der Waals surface area contributed by atoms with Gasteiger partial charge in [-0.05, 0) is 84.9 Å². The van der Waals surface area contributed by atoms with E-state index in [4.69, 9.17) is 9.47 Å². The Morgan fingerprint density at radius 3 is 1.72 bits per heavy atom. The number of rotatable bonds is 14. The third kappa shape index (κ3) is 9.25. The van der Waals surface area contributed by atoms with Gasteiger partial charge >= 0.3 is 5.97 Å². The van der Waals surface area contributed by atoms with Gasteiger partial charge in [0, 0.05) is 28.7 Å². The first kappa shape index (κ1) is 39.9. The van der Waals surface area contributed by atoms with Gasteiger partial charge in [-0.2, -0.15) is 5.26 Å². The van der Waals surface area contributed by atoms with E-state index >= 15 is 0 Å². The Morgan fingerprint density at radius 2 is 1.19 bits per heavy atom. The Kier molecular flexibility index (Phi) is 12.4. The number of nitriles is 1. The second kappa shape index (κ2) is 17.7. The van der Waals surface area contributed by atoms with Crippen LogP contribution in [0.5, 0.6) is 23.0 Å². The number of phenolic OH excluding ortho intramolecular Hbond substituents is 1. The molecule has 1 atom stereocenters. The van der Waals surface area contributed by atoms with Crippen molar-refractivity contribution < 1.29 is 53.6 Å². The van der Waals surface area contributed by atoms with E-state index in [1.54, 1.807) is 18.3 Å². The van der Waals surface area contributed by atoms with E-state index in [0.717, 1.165) is 13.2 Å². The molecule has 18 heteroatoms. The summed E-state index contributed by atoms with van der Waals surface area (Å²) in [6.07, 6.45) is 1.26. The van der Waals surface area contributed by atoms with Crippen LogP contribution < -0.4 is 36.1 Å². The number of carboxylic acids is 1. The van der Waals surface area contributed by atoms with Crippen LogP contribution in [0.25, 0.3) is 0 Å². The molecule has 0 fully saturated rings. The van der Waals surface area contributed by atoms with Crippen LogP contribution in [0.3, 0.4) is 0 Å². The maximum atomic E-state index is 13.1. The van der Waals surface area contributed by atoms with Crippen LogP contribution in [0.1, 0.15) is 58.3 Å². The van der Waals surface area contributed by atoms with Crippen molar-refractivity contribution in [1.82, 2.24) is 10.3 Å². The average molecular weight is 776 g/mol. The summed E-state index contributed by atoms with van der Waals surface area (Å²) in [5.74, 6) is -6.64. The number of aromatic amines is 1. The van der Waals surface area contributed by atoms with Gasteiger partial charge in [-0.25, -0.2) is 4.79 Å². The number of carbonyl (C=O) groups is 6. The van der Waals surface area contributed by atoms with Crippen molar-refractivity contribution in [3.8, 4) is 29.1 Å². The van der Waals surface area contributed by atoms with Gasteiger partial charge in [0.05, 0.1) is 43.6 Å². The lowest BCUT2D eigenvalue weighted by molar-refractivity contribution is -0.117. The molecule has 0 aliphatic rings. The van der Waals surface area contributed by atoms with Gasteiger partial charge in [0.2, 0.25) is 5.91 Å². The number of methoxy groups -OCH3 is 2. The largest absolute Gasteiger partial charge is 0.504 e. The van der Waals surface area contributed by atoms with Gasteiger partial charge < -0.3 is 56.4 Å².